The van der Waals surface area contributed by atoms with Gasteiger partial charge in [-0.3, -0.25) is 4.90 Å². The molecule has 0 radical (unpaired) electrons. The molecule has 27 heavy (non-hydrogen) atoms. The molecule has 4 nitrogen and oxygen atoms in total. The summed E-state index contributed by atoms with van der Waals surface area (Å²) in [5.41, 5.74) is 1.19. The highest BCUT2D eigenvalue weighted by Gasteiger charge is 2.46. The van der Waals surface area contributed by atoms with Gasteiger partial charge in [0.1, 0.15) is 11.6 Å². The minimum absolute atomic E-state index is 0.165. The fourth-order valence-electron chi connectivity index (χ4n) is 4.56. The first kappa shape index (κ1) is 18.4. The zero-order valence-corrected chi connectivity index (χ0v) is 15.6. The third-order valence-electron chi connectivity index (χ3n) is 5.70. The van der Waals surface area contributed by atoms with E-state index in [-0.39, 0.29) is 17.9 Å². The lowest BCUT2D eigenvalue weighted by Gasteiger charge is -2.52. The predicted octanol–water partition coefficient (Wildman–Crippen LogP) is 3.17. The Morgan fingerprint density at radius 2 is 1.81 bits per heavy atom. The molecule has 2 aromatic rings. The number of hydrogen-bond donors (Lipinski definition) is 1. The van der Waals surface area contributed by atoms with Gasteiger partial charge < -0.3 is 14.6 Å². The van der Waals surface area contributed by atoms with Gasteiger partial charge in [0.05, 0.1) is 25.9 Å². The van der Waals surface area contributed by atoms with Crippen LogP contribution in [0.15, 0.2) is 48.5 Å². The first-order valence-electron chi connectivity index (χ1n) is 9.48. The van der Waals surface area contributed by atoms with Gasteiger partial charge in [0.15, 0.2) is 0 Å². The SMILES string of the molecule is COc1cc(F)cc(CC2(O)CC3COCC(C2)N3Cc2ccccc2)c1. The van der Waals surface area contributed by atoms with Crippen molar-refractivity contribution < 1.29 is 19.0 Å². The molecule has 1 N–H and O–H groups in total. The van der Waals surface area contributed by atoms with Crippen LogP contribution in [0.5, 0.6) is 5.75 Å². The second-order valence-electron chi connectivity index (χ2n) is 7.81. The smallest absolute Gasteiger partial charge is 0.127 e. The number of fused-ring (bicyclic) bond motifs is 2. The molecule has 2 unspecified atom stereocenters. The summed E-state index contributed by atoms with van der Waals surface area (Å²) in [5, 5.41) is 11.3. The maximum Gasteiger partial charge on any atom is 0.127 e. The van der Waals surface area contributed by atoms with Gasteiger partial charge >= 0.3 is 0 Å². The highest BCUT2D eigenvalue weighted by molar-refractivity contribution is 5.31. The lowest BCUT2D eigenvalue weighted by molar-refractivity contribution is -0.145. The van der Waals surface area contributed by atoms with Crippen molar-refractivity contribution >= 4 is 0 Å². The van der Waals surface area contributed by atoms with Gasteiger partial charge in [-0.15, -0.1) is 0 Å². The summed E-state index contributed by atoms with van der Waals surface area (Å²) in [5.74, 6) is 0.150. The van der Waals surface area contributed by atoms with Crippen molar-refractivity contribution in [2.75, 3.05) is 20.3 Å². The van der Waals surface area contributed by atoms with Crippen LogP contribution < -0.4 is 4.74 Å². The molecule has 0 aliphatic carbocycles. The number of methoxy groups -OCH3 is 1. The summed E-state index contributed by atoms with van der Waals surface area (Å²) >= 11 is 0. The number of ether oxygens (including phenoxy) is 2. The van der Waals surface area contributed by atoms with Crippen molar-refractivity contribution in [3.8, 4) is 5.75 Å². The van der Waals surface area contributed by atoms with Gasteiger partial charge in [0.25, 0.3) is 0 Å². The van der Waals surface area contributed by atoms with Crippen LogP contribution in [0.1, 0.15) is 24.0 Å². The van der Waals surface area contributed by atoms with Crippen LogP contribution in [0, 0.1) is 5.82 Å². The lowest BCUT2D eigenvalue weighted by atomic mass is 9.77. The molecule has 144 valence electrons. The van der Waals surface area contributed by atoms with Crippen LogP contribution in [0.4, 0.5) is 4.39 Å². The summed E-state index contributed by atoms with van der Waals surface area (Å²) < 4.78 is 24.8. The summed E-state index contributed by atoms with van der Waals surface area (Å²) in [4.78, 5) is 2.46. The van der Waals surface area contributed by atoms with Gasteiger partial charge in [-0.05, 0) is 36.1 Å². The molecule has 2 saturated heterocycles. The molecule has 0 saturated carbocycles. The number of halogens is 1. The Kier molecular flexibility index (Phi) is 5.17. The van der Waals surface area contributed by atoms with Crippen LogP contribution in [0.25, 0.3) is 0 Å². The van der Waals surface area contributed by atoms with Crippen molar-refractivity contribution in [3.05, 3.63) is 65.5 Å². The van der Waals surface area contributed by atoms with E-state index < -0.39 is 5.60 Å². The largest absolute Gasteiger partial charge is 0.497 e. The minimum atomic E-state index is -0.856. The molecule has 2 aliphatic heterocycles. The maximum absolute atomic E-state index is 13.8. The Hall–Kier alpha value is -1.95. The van der Waals surface area contributed by atoms with E-state index in [1.165, 1.54) is 24.8 Å². The van der Waals surface area contributed by atoms with E-state index in [9.17, 15) is 9.50 Å². The fourth-order valence-corrected chi connectivity index (χ4v) is 4.56. The molecule has 0 spiro atoms. The molecule has 2 atom stereocenters. The van der Waals surface area contributed by atoms with Crippen molar-refractivity contribution in [1.82, 2.24) is 4.90 Å². The topological polar surface area (TPSA) is 41.9 Å². The highest BCUT2D eigenvalue weighted by atomic mass is 19.1. The monoisotopic (exact) mass is 371 g/mol. The number of piperidine rings is 1. The van der Waals surface area contributed by atoms with Crippen LogP contribution in [0.2, 0.25) is 0 Å². The van der Waals surface area contributed by atoms with E-state index in [0.717, 1.165) is 12.1 Å². The Labute approximate surface area is 159 Å². The van der Waals surface area contributed by atoms with E-state index >= 15 is 0 Å². The van der Waals surface area contributed by atoms with E-state index in [1.807, 2.05) is 12.1 Å². The molecule has 2 fully saturated rings. The third kappa shape index (κ3) is 4.15. The van der Waals surface area contributed by atoms with E-state index in [4.69, 9.17) is 9.47 Å². The molecular formula is C22H26FNO3. The van der Waals surface area contributed by atoms with Crippen molar-refractivity contribution in [2.45, 2.75) is 43.5 Å². The predicted molar refractivity (Wildman–Crippen MR) is 101 cm³/mol. The average molecular weight is 371 g/mol. The van der Waals surface area contributed by atoms with Gasteiger partial charge in [-0.1, -0.05) is 30.3 Å². The second-order valence-corrected chi connectivity index (χ2v) is 7.81. The molecule has 2 heterocycles. The van der Waals surface area contributed by atoms with Gasteiger partial charge in [-0.25, -0.2) is 4.39 Å². The minimum Gasteiger partial charge on any atom is -0.497 e. The quantitative estimate of drug-likeness (QED) is 0.877. The second kappa shape index (κ2) is 7.58. The fraction of sp³-hybridized carbons (Fsp3) is 0.455. The summed E-state index contributed by atoms with van der Waals surface area (Å²) in [6.07, 6.45) is 1.66. The van der Waals surface area contributed by atoms with Crippen molar-refractivity contribution in [2.24, 2.45) is 0 Å². The van der Waals surface area contributed by atoms with E-state index in [2.05, 4.69) is 29.2 Å². The molecule has 0 aromatic heterocycles. The standard InChI is InChI=1S/C22H26FNO3/c1-26-21-8-17(7-18(23)9-21)10-22(25)11-19-14-27-15-20(12-22)24(19)13-16-5-3-2-4-6-16/h2-9,19-20,25H,10-15H2,1H3. The number of aliphatic hydroxyl groups is 1. The molecular weight excluding hydrogens is 345 g/mol. The van der Waals surface area contributed by atoms with Gasteiger partial charge in [0, 0.05) is 31.1 Å². The Bertz CT molecular complexity index is 768. The number of hydrogen-bond acceptors (Lipinski definition) is 4. The highest BCUT2D eigenvalue weighted by Crippen LogP contribution is 2.38. The number of morpholine rings is 1. The summed E-state index contributed by atoms with van der Waals surface area (Å²) in [7, 11) is 1.52. The first-order chi connectivity index (χ1) is 13.0. The van der Waals surface area contributed by atoms with Gasteiger partial charge in [-0.2, -0.15) is 0 Å². The normalized spacial score (nSPS) is 28.1. The van der Waals surface area contributed by atoms with Crippen LogP contribution in [-0.2, 0) is 17.7 Å². The molecule has 2 aliphatic rings. The van der Waals surface area contributed by atoms with Crippen LogP contribution in [0.3, 0.4) is 0 Å². The van der Waals surface area contributed by atoms with E-state index in [0.29, 0.717) is 38.2 Å². The first-order valence-corrected chi connectivity index (χ1v) is 9.48. The Morgan fingerprint density at radius 1 is 1.11 bits per heavy atom. The van der Waals surface area contributed by atoms with Crippen LogP contribution in [-0.4, -0.2) is 48.0 Å². The molecule has 0 amide bonds. The zero-order chi connectivity index (χ0) is 18.9. The Balaban J connectivity index is 1.51. The number of benzene rings is 2. The molecule has 4 rings (SSSR count). The molecule has 5 heteroatoms. The van der Waals surface area contributed by atoms with Crippen LogP contribution >= 0.6 is 0 Å². The van der Waals surface area contributed by atoms with Crippen molar-refractivity contribution in [3.63, 3.8) is 0 Å². The Morgan fingerprint density at radius 3 is 2.48 bits per heavy atom. The number of nitrogens with zero attached hydrogens (tertiary/aromatic N) is 1. The molecule has 2 bridgehead atoms. The van der Waals surface area contributed by atoms with E-state index in [1.54, 1.807) is 0 Å². The maximum atomic E-state index is 13.8. The zero-order valence-electron chi connectivity index (χ0n) is 15.6. The molecule has 2 aromatic carbocycles. The lowest BCUT2D eigenvalue weighted by Crippen LogP contribution is -2.61. The third-order valence-corrected chi connectivity index (χ3v) is 5.70. The average Bonchev–Trinajstić information content (AvgIpc) is 2.63. The summed E-state index contributed by atoms with van der Waals surface area (Å²) in [6, 6.07) is 15.4. The summed E-state index contributed by atoms with van der Waals surface area (Å²) in [6.45, 7) is 2.11. The van der Waals surface area contributed by atoms with Crippen molar-refractivity contribution in [1.29, 1.82) is 0 Å². The number of rotatable bonds is 5. The van der Waals surface area contributed by atoms with Gasteiger partial charge in [0.2, 0.25) is 0 Å².